The van der Waals surface area contributed by atoms with Crippen LogP contribution in [0.2, 0.25) is 5.02 Å². The first kappa shape index (κ1) is 27.3. The molecular formula is C32H35ClN4O. The highest BCUT2D eigenvalue weighted by Crippen LogP contribution is 2.39. The van der Waals surface area contributed by atoms with Crippen LogP contribution in [0.15, 0.2) is 100 Å². The van der Waals surface area contributed by atoms with E-state index in [1.54, 1.807) is 0 Å². The minimum atomic E-state index is -0.553. The van der Waals surface area contributed by atoms with Gasteiger partial charge in [0.1, 0.15) is 11.9 Å². The van der Waals surface area contributed by atoms with E-state index in [1.807, 2.05) is 94.4 Å². The predicted octanol–water partition coefficient (Wildman–Crippen LogP) is 7.85. The Hall–Kier alpha value is -3.70. The normalized spacial score (nSPS) is 17.4. The smallest absolute Gasteiger partial charge is 0.224 e. The highest BCUT2D eigenvalue weighted by molar-refractivity contribution is 6.31. The van der Waals surface area contributed by atoms with Crippen molar-refractivity contribution in [3.05, 3.63) is 112 Å². The van der Waals surface area contributed by atoms with Crippen LogP contribution in [-0.4, -0.2) is 17.6 Å². The molecular weight excluding hydrogens is 492 g/mol. The van der Waals surface area contributed by atoms with Gasteiger partial charge in [0.05, 0.1) is 0 Å². The molecule has 0 fully saturated rings. The Kier molecular flexibility index (Phi) is 8.80. The van der Waals surface area contributed by atoms with Crippen molar-refractivity contribution in [2.45, 2.75) is 53.0 Å². The number of guanidine groups is 1. The second-order valence-electron chi connectivity index (χ2n) is 9.74. The van der Waals surface area contributed by atoms with E-state index in [9.17, 15) is 4.79 Å². The van der Waals surface area contributed by atoms with Crippen molar-refractivity contribution in [1.82, 2.24) is 5.32 Å². The monoisotopic (exact) mass is 526 g/mol. The summed E-state index contributed by atoms with van der Waals surface area (Å²) in [6, 6.07) is 25.2. The van der Waals surface area contributed by atoms with Crippen LogP contribution in [0.5, 0.6) is 0 Å². The molecule has 5 nitrogen and oxygen atoms in total. The van der Waals surface area contributed by atoms with E-state index in [4.69, 9.17) is 21.6 Å². The number of ketones is 1. The highest BCUT2D eigenvalue weighted by Gasteiger charge is 2.35. The quantitative estimate of drug-likeness (QED) is 0.243. The molecule has 3 atom stereocenters. The molecule has 0 radical (unpaired) electrons. The maximum Gasteiger partial charge on any atom is 0.224 e. The molecule has 0 amide bonds. The van der Waals surface area contributed by atoms with Crippen molar-refractivity contribution in [2.75, 3.05) is 5.32 Å². The fraction of sp³-hybridized carbons (Fsp3) is 0.281. The zero-order chi connectivity index (χ0) is 27.2. The summed E-state index contributed by atoms with van der Waals surface area (Å²) >= 11 is 6.66. The van der Waals surface area contributed by atoms with Gasteiger partial charge >= 0.3 is 0 Å². The molecule has 1 aliphatic rings. The molecule has 3 unspecified atom stereocenters. The van der Waals surface area contributed by atoms with Crippen LogP contribution in [0.3, 0.4) is 0 Å². The maximum absolute atomic E-state index is 14.1. The number of nitrogens with one attached hydrogen (secondary N) is 2. The van der Waals surface area contributed by atoms with Crippen LogP contribution in [0.1, 0.15) is 62.8 Å². The van der Waals surface area contributed by atoms with Crippen molar-refractivity contribution in [2.24, 2.45) is 15.9 Å². The van der Waals surface area contributed by atoms with Crippen LogP contribution in [-0.2, 0) is 4.79 Å². The topological polar surface area (TPSA) is 65.8 Å². The summed E-state index contributed by atoms with van der Waals surface area (Å²) in [4.78, 5) is 23.8. The third-order valence-corrected chi connectivity index (χ3v) is 7.50. The third-order valence-electron chi connectivity index (χ3n) is 7.15. The third kappa shape index (κ3) is 6.05. The Morgan fingerprint density at radius 1 is 1.03 bits per heavy atom. The van der Waals surface area contributed by atoms with Crippen molar-refractivity contribution >= 4 is 34.9 Å². The lowest BCUT2D eigenvalue weighted by Gasteiger charge is -2.30. The van der Waals surface area contributed by atoms with E-state index in [0.29, 0.717) is 28.8 Å². The summed E-state index contributed by atoms with van der Waals surface area (Å²) in [6.45, 7) is 10.1. The van der Waals surface area contributed by atoms with Gasteiger partial charge in [-0.05, 0) is 55.0 Å². The first-order valence-corrected chi connectivity index (χ1v) is 13.5. The second-order valence-corrected chi connectivity index (χ2v) is 10.1. The van der Waals surface area contributed by atoms with Crippen LogP contribution in [0.25, 0.3) is 0 Å². The lowest BCUT2D eigenvalue weighted by molar-refractivity contribution is -0.119. The van der Waals surface area contributed by atoms with Crippen molar-refractivity contribution in [1.29, 1.82) is 0 Å². The SMILES string of the molecule is CCC1=C(C(=O)C(C)C(C)c2ccccc2)C(c2ccccc2Cl)N=C(/N=C(/C)Nc2ccccc2C)N1. The number of aliphatic imine (C=N–C) groups is 2. The number of carbonyl (C=O) groups excluding carboxylic acids is 1. The number of aryl methyl sites for hydroxylation is 1. The molecule has 0 saturated carbocycles. The fourth-order valence-electron chi connectivity index (χ4n) is 4.74. The van der Waals surface area contributed by atoms with Gasteiger partial charge < -0.3 is 10.6 Å². The summed E-state index contributed by atoms with van der Waals surface area (Å²) in [5.74, 6) is 1.01. The molecule has 0 aliphatic carbocycles. The standard InChI is InChI=1S/C32H35ClN4O/c1-6-27-29(31(38)22(4)21(3)24-15-8-7-9-16-24)30(25-17-11-12-18-26(25)33)37-32(36-27)35-23(5)34-28-19-13-10-14-20(28)2/h7-19,21-22,30H,6H2,1-5H3,(H2,34,35,36,37). The first-order valence-electron chi connectivity index (χ1n) is 13.1. The molecule has 4 rings (SSSR count). The van der Waals surface area contributed by atoms with Crippen LogP contribution < -0.4 is 10.6 Å². The molecule has 0 spiro atoms. The van der Waals surface area contributed by atoms with Gasteiger partial charge in [0.25, 0.3) is 0 Å². The van der Waals surface area contributed by atoms with Gasteiger partial charge in [0, 0.05) is 27.9 Å². The molecule has 38 heavy (non-hydrogen) atoms. The van der Waals surface area contributed by atoms with E-state index in [1.165, 1.54) is 0 Å². The van der Waals surface area contributed by atoms with Crippen molar-refractivity contribution in [3.63, 3.8) is 0 Å². The number of allylic oxidation sites excluding steroid dienone is 1. The van der Waals surface area contributed by atoms with E-state index in [0.717, 1.165) is 28.1 Å². The van der Waals surface area contributed by atoms with Gasteiger partial charge in [0.2, 0.25) is 5.96 Å². The summed E-state index contributed by atoms with van der Waals surface area (Å²) < 4.78 is 0. The molecule has 0 saturated heterocycles. The van der Waals surface area contributed by atoms with Crippen LogP contribution in [0, 0.1) is 12.8 Å². The van der Waals surface area contributed by atoms with Gasteiger partial charge in [-0.2, -0.15) is 0 Å². The summed E-state index contributed by atoms with van der Waals surface area (Å²) in [5, 5.41) is 7.29. The Morgan fingerprint density at radius 2 is 1.68 bits per heavy atom. The number of halogens is 1. The van der Waals surface area contributed by atoms with Gasteiger partial charge in [0.15, 0.2) is 5.78 Å². The molecule has 0 bridgehead atoms. The van der Waals surface area contributed by atoms with E-state index in [2.05, 4.69) is 29.7 Å². The number of Topliss-reactive ketones (excluding diaryl/α,β-unsaturated/α-hetero) is 1. The molecule has 196 valence electrons. The molecule has 0 aromatic heterocycles. The zero-order valence-electron chi connectivity index (χ0n) is 22.6. The second kappa shape index (κ2) is 12.2. The minimum absolute atomic E-state index is 0.0464. The summed E-state index contributed by atoms with van der Waals surface area (Å²) in [5.41, 5.74) is 5.51. The van der Waals surface area contributed by atoms with Gasteiger partial charge in [-0.3, -0.25) is 4.79 Å². The van der Waals surface area contributed by atoms with Gasteiger partial charge in [-0.15, -0.1) is 0 Å². The van der Waals surface area contributed by atoms with E-state index < -0.39 is 6.04 Å². The summed E-state index contributed by atoms with van der Waals surface area (Å²) in [7, 11) is 0. The molecule has 6 heteroatoms. The number of benzene rings is 3. The molecule has 2 N–H and O–H groups in total. The summed E-state index contributed by atoms with van der Waals surface area (Å²) in [6.07, 6.45) is 0.632. The predicted molar refractivity (Wildman–Crippen MR) is 159 cm³/mol. The average Bonchev–Trinajstić information content (AvgIpc) is 2.93. The van der Waals surface area contributed by atoms with Crippen LogP contribution >= 0.6 is 11.6 Å². The average molecular weight is 527 g/mol. The van der Waals surface area contributed by atoms with Gasteiger partial charge in [-0.25, -0.2) is 9.98 Å². The number of amidine groups is 1. The Balaban J connectivity index is 1.72. The zero-order valence-corrected chi connectivity index (χ0v) is 23.4. The number of rotatable bonds is 7. The molecule has 3 aromatic rings. The first-order chi connectivity index (χ1) is 18.3. The van der Waals surface area contributed by atoms with Gasteiger partial charge in [-0.1, -0.05) is 99.1 Å². The Bertz CT molecular complexity index is 1390. The maximum atomic E-state index is 14.1. The fourth-order valence-corrected chi connectivity index (χ4v) is 4.98. The van der Waals surface area contributed by atoms with E-state index >= 15 is 0 Å². The number of hydrogen-bond donors (Lipinski definition) is 2. The van der Waals surface area contributed by atoms with Crippen LogP contribution in [0.4, 0.5) is 5.69 Å². The largest absolute Gasteiger partial charge is 0.344 e. The highest BCUT2D eigenvalue weighted by atomic mass is 35.5. The molecule has 3 aromatic carbocycles. The molecule has 1 aliphatic heterocycles. The number of hydrogen-bond acceptors (Lipinski definition) is 4. The number of carbonyl (C=O) groups is 1. The number of anilines is 1. The Morgan fingerprint density at radius 3 is 2.37 bits per heavy atom. The van der Waals surface area contributed by atoms with Crippen molar-refractivity contribution < 1.29 is 4.79 Å². The lowest BCUT2D eigenvalue weighted by Crippen LogP contribution is -2.34. The van der Waals surface area contributed by atoms with Crippen molar-refractivity contribution in [3.8, 4) is 0 Å². The Labute approximate surface area is 230 Å². The van der Waals surface area contributed by atoms with E-state index in [-0.39, 0.29) is 17.6 Å². The number of nitrogens with zero attached hydrogens (tertiary/aromatic N) is 2. The number of para-hydroxylation sites is 1. The lowest BCUT2D eigenvalue weighted by atomic mass is 9.80. The minimum Gasteiger partial charge on any atom is -0.344 e. The molecule has 1 heterocycles.